The fourth-order valence-corrected chi connectivity index (χ4v) is 3.45. The van der Waals surface area contributed by atoms with Crippen molar-refractivity contribution < 1.29 is 9.59 Å². The summed E-state index contributed by atoms with van der Waals surface area (Å²) < 4.78 is 0. The van der Waals surface area contributed by atoms with Crippen LogP contribution in [0.5, 0.6) is 0 Å². The number of benzene rings is 2. The number of carbonyl (C=O) groups excluding carboxylic acids is 2. The molecule has 2 aromatic rings. The highest BCUT2D eigenvalue weighted by molar-refractivity contribution is 6.01. The first-order valence-electron chi connectivity index (χ1n) is 8.30. The number of urea groups is 1. The molecule has 5 nitrogen and oxygen atoms in total. The van der Waals surface area contributed by atoms with Crippen LogP contribution in [0.15, 0.2) is 71.9 Å². The Morgan fingerprint density at radius 3 is 2.32 bits per heavy atom. The van der Waals surface area contributed by atoms with Crippen molar-refractivity contribution >= 4 is 11.9 Å². The van der Waals surface area contributed by atoms with Gasteiger partial charge in [0, 0.05) is 13.6 Å². The minimum absolute atomic E-state index is 0.0143. The normalized spacial score (nSPS) is 20.0. The van der Waals surface area contributed by atoms with Crippen LogP contribution in [0, 0.1) is 0 Å². The van der Waals surface area contributed by atoms with E-state index in [2.05, 4.69) is 5.32 Å². The van der Waals surface area contributed by atoms with E-state index in [4.69, 9.17) is 0 Å². The Morgan fingerprint density at radius 1 is 1.00 bits per heavy atom. The van der Waals surface area contributed by atoms with Gasteiger partial charge in [-0.3, -0.25) is 9.69 Å². The average Bonchev–Trinajstić information content (AvgIpc) is 2.97. The standard InChI is InChI=1S/C20H19N3O2/c1-22-16-13-23(12-14-8-4-2-5-9-14)19(24)17(16)18(21-20(22)25)15-10-6-3-7-11-15/h2-11,18H,12-13H2,1H3,(H,21,25)/t18-/m1/s1. The Labute approximate surface area is 146 Å². The van der Waals surface area contributed by atoms with Gasteiger partial charge >= 0.3 is 6.03 Å². The maximum Gasteiger partial charge on any atom is 0.322 e. The van der Waals surface area contributed by atoms with E-state index in [-0.39, 0.29) is 11.9 Å². The first kappa shape index (κ1) is 15.4. The van der Waals surface area contributed by atoms with Gasteiger partial charge in [0.2, 0.25) is 0 Å². The zero-order valence-electron chi connectivity index (χ0n) is 14.0. The van der Waals surface area contributed by atoms with Crippen LogP contribution >= 0.6 is 0 Å². The third kappa shape index (κ3) is 2.67. The minimum Gasteiger partial charge on any atom is -0.329 e. The summed E-state index contributed by atoms with van der Waals surface area (Å²) in [5, 5.41) is 2.95. The summed E-state index contributed by atoms with van der Waals surface area (Å²) in [5.74, 6) is -0.0143. The lowest BCUT2D eigenvalue weighted by Gasteiger charge is -2.31. The zero-order valence-corrected chi connectivity index (χ0v) is 14.0. The van der Waals surface area contributed by atoms with Crippen LogP contribution in [0.1, 0.15) is 17.2 Å². The van der Waals surface area contributed by atoms with Gasteiger partial charge in [0.1, 0.15) is 0 Å². The molecule has 0 bridgehead atoms. The minimum atomic E-state index is -0.395. The van der Waals surface area contributed by atoms with Crippen molar-refractivity contribution in [3.63, 3.8) is 0 Å². The van der Waals surface area contributed by atoms with E-state index in [1.54, 1.807) is 16.8 Å². The quantitative estimate of drug-likeness (QED) is 0.939. The molecule has 4 rings (SSSR count). The molecule has 2 aliphatic rings. The van der Waals surface area contributed by atoms with E-state index in [1.165, 1.54) is 0 Å². The van der Waals surface area contributed by atoms with Crippen LogP contribution in [0.3, 0.4) is 0 Å². The first-order valence-corrected chi connectivity index (χ1v) is 8.30. The van der Waals surface area contributed by atoms with Gasteiger partial charge in [-0.1, -0.05) is 60.7 Å². The van der Waals surface area contributed by atoms with Crippen LogP contribution in [-0.2, 0) is 11.3 Å². The summed E-state index contributed by atoms with van der Waals surface area (Å²) >= 11 is 0. The fraction of sp³-hybridized carbons (Fsp3) is 0.200. The largest absolute Gasteiger partial charge is 0.329 e. The maximum atomic E-state index is 13.1. The van der Waals surface area contributed by atoms with Gasteiger partial charge in [0.25, 0.3) is 5.91 Å². The highest BCUT2D eigenvalue weighted by atomic mass is 16.2. The Hall–Kier alpha value is -3.08. The smallest absolute Gasteiger partial charge is 0.322 e. The number of carbonyl (C=O) groups is 2. The predicted molar refractivity (Wildman–Crippen MR) is 94.4 cm³/mol. The van der Waals surface area contributed by atoms with E-state index >= 15 is 0 Å². The molecule has 1 atom stereocenters. The molecule has 0 saturated carbocycles. The molecule has 126 valence electrons. The number of nitrogens with one attached hydrogen (secondary N) is 1. The number of rotatable bonds is 3. The molecule has 3 amide bonds. The van der Waals surface area contributed by atoms with Crippen LogP contribution in [0.2, 0.25) is 0 Å². The van der Waals surface area contributed by atoms with Crippen LogP contribution in [0.25, 0.3) is 0 Å². The molecule has 0 unspecified atom stereocenters. The van der Waals surface area contributed by atoms with E-state index in [1.807, 2.05) is 60.7 Å². The second-order valence-electron chi connectivity index (χ2n) is 6.36. The van der Waals surface area contributed by atoms with Gasteiger partial charge in [0.15, 0.2) is 0 Å². The van der Waals surface area contributed by atoms with E-state index in [0.29, 0.717) is 18.7 Å². The lowest BCUT2D eigenvalue weighted by molar-refractivity contribution is -0.126. The zero-order chi connectivity index (χ0) is 17.4. The predicted octanol–water partition coefficient (Wildman–Crippen LogP) is 2.68. The monoisotopic (exact) mass is 333 g/mol. The summed E-state index contributed by atoms with van der Waals surface area (Å²) in [6.07, 6.45) is 0. The highest BCUT2D eigenvalue weighted by Crippen LogP contribution is 2.35. The van der Waals surface area contributed by atoms with Gasteiger partial charge in [-0.15, -0.1) is 0 Å². The van der Waals surface area contributed by atoms with Crippen molar-refractivity contribution in [1.82, 2.24) is 15.1 Å². The SMILES string of the molecule is CN1C(=O)N[C@H](c2ccccc2)C2=C1CN(Cc1ccccc1)C2=O. The van der Waals surface area contributed by atoms with Gasteiger partial charge < -0.3 is 10.2 Å². The Balaban J connectivity index is 1.68. The number of amides is 3. The molecule has 0 spiro atoms. The number of hydrogen-bond acceptors (Lipinski definition) is 2. The summed E-state index contributed by atoms with van der Waals surface area (Å²) in [6.45, 7) is 0.993. The lowest BCUT2D eigenvalue weighted by atomic mass is 9.96. The van der Waals surface area contributed by atoms with Crippen LogP contribution in [0.4, 0.5) is 4.79 Å². The summed E-state index contributed by atoms with van der Waals surface area (Å²) in [7, 11) is 1.71. The van der Waals surface area contributed by atoms with Crippen molar-refractivity contribution in [2.75, 3.05) is 13.6 Å². The molecule has 0 aliphatic carbocycles. The molecule has 1 N–H and O–H groups in total. The second-order valence-corrected chi connectivity index (χ2v) is 6.36. The molecule has 2 heterocycles. The molecule has 0 saturated heterocycles. The lowest BCUT2D eigenvalue weighted by Crippen LogP contribution is -2.45. The summed E-state index contributed by atoms with van der Waals surface area (Å²) in [5.41, 5.74) is 3.46. The van der Waals surface area contributed by atoms with Gasteiger partial charge in [-0.2, -0.15) is 0 Å². The first-order chi connectivity index (χ1) is 12.1. The van der Waals surface area contributed by atoms with Crippen molar-refractivity contribution in [3.8, 4) is 0 Å². The van der Waals surface area contributed by atoms with Crippen molar-refractivity contribution in [2.45, 2.75) is 12.6 Å². The summed E-state index contributed by atoms with van der Waals surface area (Å²) in [4.78, 5) is 28.8. The molecule has 0 fully saturated rings. The Bertz CT molecular complexity index is 846. The Kier molecular flexibility index (Phi) is 3.76. The average molecular weight is 333 g/mol. The van der Waals surface area contributed by atoms with Gasteiger partial charge in [-0.05, 0) is 11.1 Å². The second kappa shape index (κ2) is 6.09. The molecule has 5 heteroatoms. The Morgan fingerprint density at radius 2 is 1.64 bits per heavy atom. The topological polar surface area (TPSA) is 52.7 Å². The van der Waals surface area contributed by atoms with Crippen molar-refractivity contribution in [3.05, 3.63) is 83.1 Å². The molecule has 0 radical (unpaired) electrons. The van der Waals surface area contributed by atoms with E-state index < -0.39 is 6.04 Å². The number of likely N-dealkylation sites (N-methyl/N-ethyl adjacent to an activating group) is 1. The highest BCUT2D eigenvalue weighted by Gasteiger charge is 2.42. The van der Waals surface area contributed by atoms with Gasteiger partial charge in [0.05, 0.1) is 23.9 Å². The summed E-state index contributed by atoms with van der Waals surface area (Å²) in [6, 6.07) is 19.0. The van der Waals surface area contributed by atoms with Crippen LogP contribution in [-0.4, -0.2) is 35.3 Å². The molecule has 2 aliphatic heterocycles. The van der Waals surface area contributed by atoms with Crippen molar-refractivity contribution in [1.29, 1.82) is 0 Å². The molecule has 2 aromatic carbocycles. The molecular formula is C20H19N3O2. The van der Waals surface area contributed by atoms with E-state index in [0.717, 1.165) is 16.8 Å². The number of hydrogen-bond donors (Lipinski definition) is 1. The van der Waals surface area contributed by atoms with Crippen LogP contribution < -0.4 is 5.32 Å². The van der Waals surface area contributed by atoms with Crippen molar-refractivity contribution in [2.24, 2.45) is 0 Å². The molecule has 0 aromatic heterocycles. The maximum absolute atomic E-state index is 13.1. The third-order valence-electron chi connectivity index (χ3n) is 4.78. The number of nitrogens with zero attached hydrogens (tertiary/aromatic N) is 2. The third-order valence-corrected chi connectivity index (χ3v) is 4.78. The van der Waals surface area contributed by atoms with E-state index in [9.17, 15) is 9.59 Å². The molecule has 25 heavy (non-hydrogen) atoms. The fourth-order valence-electron chi connectivity index (χ4n) is 3.45. The molecular weight excluding hydrogens is 314 g/mol. The van der Waals surface area contributed by atoms with Gasteiger partial charge in [-0.25, -0.2) is 4.79 Å².